The Hall–Kier alpha value is -1.47. The minimum atomic E-state index is -0.324. The van der Waals surface area contributed by atoms with Gasteiger partial charge in [-0.1, -0.05) is 30.3 Å². The van der Waals surface area contributed by atoms with Gasteiger partial charge in [-0.3, -0.25) is 9.69 Å². The fraction of sp³-hybridized carbons (Fsp3) is 0.720. The van der Waals surface area contributed by atoms with Crippen LogP contribution >= 0.6 is 0 Å². The molecular weight excluding hydrogens is 390 g/mol. The van der Waals surface area contributed by atoms with Crippen molar-refractivity contribution in [3.63, 3.8) is 0 Å². The molecular formula is C25H39N3O3. The molecule has 2 saturated heterocycles. The normalized spacial score (nSPS) is 30.7. The van der Waals surface area contributed by atoms with Gasteiger partial charge in [0.15, 0.2) is 0 Å². The van der Waals surface area contributed by atoms with E-state index in [1.165, 1.54) is 18.4 Å². The third-order valence-corrected chi connectivity index (χ3v) is 7.66. The number of rotatable bonds is 7. The highest BCUT2D eigenvalue weighted by Crippen LogP contribution is 2.39. The minimum Gasteiger partial charge on any atom is -0.391 e. The number of benzene rings is 1. The highest BCUT2D eigenvalue weighted by Gasteiger charge is 2.40. The molecule has 0 unspecified atom stereocenters. The van der Waals surface area contributed by atoms with Crippen molar-refractivity contribution in [1.29, 1.82) is 0 Å². The molecule has 6 heteroatoms. The van der Waals surface area contributed by atoms with Gasteiger partial charge in [-0.2, -0.15) is 0 Å². The Morgan fingerprint density at radius 1 is 1.06 bits per heavy atom. The summed E-state index contributed by atoms with van der Waals surface area (Å²) in [6.07, 6.45) is 6.34. The molecule has 1 saturated carbocycles. The maximum Gasteiger partial charge on any atom is 0.221 e. The van der Waals surface area contributed by atoms with Crippen molar-refractivity contribution < 1.29 is 14.6 Å². The van der Waals surface area contributed by atoms with Gasteiger partial charge in [-0.05, 0) is 57.2 Å². The summed E-state index contributed by atoms with van der Waals surface area (Å²) in [5.74, 6) is 0.150. The Balaban J connectivity index is 1.42. The first kappa shape index (κ1) is 22.7. The van der Waals surface area contributed by atoms with Crippen molar-refractivity contribution in [2.24, 2.45) is 0 Å². The van der Waals surface area contributed by atoms with Crippen LogP contribution in [-0.2, 0) is 14.9 Å². The third-order valence-electron chi connectivity index (χ3n) is 7.66. The van der Waals surface area contributed by atoms with Gasteiger partial charge >= 0.3 is 0 Å². The number of nitrogens with one attached hydrogen (secondary N) is 1. The monoisotopic (exact) mass is 429 g/mol. The molecule has 0 bridgehead atoms. The van der Waals surface area contributed by atoms with Gasteiger partial charge in [0.2, 0.25) is 5.91 Å². The summed E-state index contributed by atoms with van der Waals surface area (Å²) >= 11 is 0. The van der Waals surface area contributed by atoms with E-state index in [4.69, 9.17) is 4.74 Å². The quantitative estimate of drug-likeness (QED) is 0.651. The van der Waals surface area contributed by atoms with E-state index in [1.54, 1.807) is 0 Å². The van der Waals surface area contributed by atoms with Crippen LogP contribution in [-0.4, -0.2) is 85.4 Å². The summed E-state index contributed by atoms with van der Waals surface area (Å²) in [6, 6.07) is 10.8. The number of morpholine rings is 1. The van der Waals surface area contributed by atoms with Crippen molar-refractivity contribution in [2.75, 3.05) is 52.5 Å². The topological polar surface area (TPSA) is 65.0 Å². The van der Waals surface area contributed by atoms with Crippen LogP contribution < -0.4 is 5.32 Å². The van der Waals surface area contributed by atoms with Gasteiger partial charge in [0.25, 0.3) is 0 Å². The Kier molecular flexibility index (Phi) is 7.99. The van der Waals surface area contributed by atoms with Crippen molar-refractivity contribution in [2.45, 2.75) is 62.5 Å². The predicted octanol–water partition coefficient (Wildman–Crippen LogP) is 2.16. The van der Waals surface area contributed by atoms with Crippen LogP contribution in [0.3, 0.4) is 0 Å². The maximum absolute atomic E-state index is 12.7. The number of carbonyl (C=O) groups excluding carboxylic acids is 1. The molecule has 2 heterocycles. The third kappa shape index (κ3) is 5.86. The van der Waals surface area contributed by atoms with Gasteiger partial charge < -0.3 is 20.1 Å². The second kappa shape index (κ2) is 10.9. The van der Waals surface area contributed by atoms with Crippen LogP contribution in [0.2, 0.25) is 0 Å². The highest BCUT2D eigenvalue weighted by atomic mass is 16.5. The van der Waals surface area contributed by atoms with Crippen LogP contribution in [0, 0.1) is 0 Å². The van der Waals surface area contributed by atoms with Gasteiger partial charge in [0.1, 0.15) is 0 Å². The van der Waals surface area contributed by atoms with E-state index in [-0.39, 0.29) is 23.5 Å². The molecule has 6 nitrogen and oxygen atoms in total. The fourth-order valence-corrected chi connectivity index (χ4v) is 5.67. The highest BCUT2D eigenvalue weighted by molar-refractivity contribution is 5.76. The number of hydrogen-bond acceptors (Lipinski definition) is 5. The van der Waals surface area contributed by atoms with Gasteiger partial charge in [-0.15, -0.1) is 0 Å². The van der Waals surface area contributed by atoms with E-state index < -0.39 is 0 Å². The van der Waals surface area contributed by atoms with Crippen molar-refractivity contribution in [3.05, 3.63) is 35.9 Å². The molecule has 172 valence electrons. The van der Waals surface area contributed by atoms with E-state index in [1.807, 2.05) is 6.07 Å². The lowest BCUT2D eigenvalue weighted by molar-refractivity contribution is -0.121. The zero-order valence-electron chi connectivity index (χ0n) is 18.8. The molecule has 1 aromatic rings. The summed E-state index contributed by atoms with van der Waals surface area (Å²) in [7, 11) is 0. The second-order valence-corrected chi connectivity index (χ2v) is 9.58. The number of carbonyl (C=O) groups is 1. The predicted molar refractivity (Wildman–Crippen MR) is 122 cm³/mol. The molecule has 4 rings (SSSR count). The SMILES string of the molecule is O=C(CCN1CCCC1)NC[C@]1(c2ccccc2)CC[C@@H](O)[C@H](N2CCOCC2)CC1. The lowest BCUT2D eigenvalue weighted by atomic mass is 9.74. The number of aliphatic hydroxyl groups excluding tert-OH is 1. The van der Waals surface area contributed by atoms with Gasteiger partial charge in [0, 0.05) is 44.1 Å². The number of hydrogen-bond donors (Lipinski definition) is 2. The minimum absolute atomic E-state index is 0.118. The van der Waals surface area contributed by atoms with E-state index >= 15 is 0 Å². The van der Waals surface area contributed by atoms with Gasteiger partial charge in [0.05, 0.1) is 19.3 Å². The maximum atomic E-state index is 12.7. The van der Waals surface area contributed by atoms with Crippen LogP contribution in [0.15, 0.2) is 30.3 Å². The fourth-order valence-electron chi connectivity index (χ4n) is 5.67. The van der Waals surface area contributed by atoms with Crippen LogP contribution in [0.25, 0.3) is 0 Å². The molecule has 3 atom stereocenters. The average molecular weight is 430 g/mol. The molecule has 3 fully saturated rings. The molecule has 1 aliphatic carbocycles. The van der Waals surface area contributed by atoms with Crippen molar-refractivity contribution in [3.8, 4) is 0 Å². The lowest BCUT2D eigenvalue weighted by Gasteiger charge is -2.37. The number of nitrogens with zero attached hydrogens (tertiary/aromatic N) is 2. The lowest BCUT2D eigenvalue weighted by Crippen LogP contribution is -2.48. The molecule has 0 aromatic heterocycles. The Bertz CT molecular complexity index is 689. The smallest absolute Gasteiger partial charge is 0.221 e. The van der Waals surface area contributed by atoms with E-state index in [0.29, 0.717) is 13.0 Å². The first-order valence-electron chi connectivity index (χ1n) is 12.2. The average Bonchev–Trinajstić information content (AvgIpc) is 3.28. The molecule has 2 aliphatic heterocycles. The van der Waals surface area contributed by atoms with Crippen LogP contribution in [0.5, 0.6) is 0 Å². The van der Waals surface area contributed by atoms with Crippen molar-refractivity contribution >= 4 is 5.91 Å². The molecule has 0 spiro atoms. The number of amides is 1. The Morgan fingerprint density at radius 2 is 1.77 bits per heavy atom. The molecule has 3 aliphatic rings. The summed E-state index contributed by atoms with van der Waals surface area (Å²) in [4.78, 5) is 17.5. The standard InChI is InChI=1S/C25H39N3O3/c29-23-9-12-25(21-6-2-1-3-7-21,11-8-22(23)28-16-18-31-19-17-28)20-26-24(30)10-15-27-13-4-5-14-27/h1-3,6-7,22-23,29H,4-5,8-20H2,(H,26,30)/t22-,23-,25-/m1/s1. The van der Waals surface area contributed by atoms with Crippen molar-refractivity contribution in [1.82, 2.24) is 15.1 Å². The molecule has 1 aromatic carbocycles. The number of ether oxygens (including phenoxy) is 1. The summed E-state index contributed by atoms with van der Waals surface area (Å²) in [5.41, 5.74) is 1.16. The summed E-state index contributed by atoms with van der Waals surface area (Å²) < 4.78 is 5.52. The Labute approximate surface area is 186 Å². The first-order chi connectivity index (χ1) is 15.2. The molecule has 2 N–H and O–H groups in total. The zero-order chi connectivity index (χ0) is 21.5. The van der Waals surface area contributed by atoms with Crippen LogP contribution in [0.1, 0.15) is 50.5 Å². The number of aliphatic hydroxyl groups is 1. The zero-order valence-corrected chi connectivity index (χ0v) is 18.8. The first-order valence-corrected chi connectivity index (χ1v) is 12.2. The largest absolute Gasteiger partial charge is 0.391 e. The number of likely N-dealkylation sites (tertiary alicyclic amines) is 1. The van der Waals surface area contributed by atoms with Crippen LogP contribution in [0.4, 0.5) is 0 Å². The van der Waals surface area contributed by atoms with E-state index in [9.17, 15) is 9.90 Å². The van der Waals surface area contributed by atoms with Gasteiger partial charge in [-0.25, -0.2) is 0 Å². The molecule has 1 amide bonds. The molecule has 31 heavy (non-hydrogen) atoms. The summed E-state index contributed by atoms with van der Waals surface area (Å²) in [6.45, 7) is 7.06. The van der Waals surface area contributed by atoms with E-state index in [2.05, 4.69) is 39.4 Å². The van der Waals surface area contributed by atoms with E-state index in [0.717, 1.165) is 71.6 Å². The molecule has 0 radical (unpaired) electrons. The Morgan fingerprint density at radius 3 is 2.52 bits per heavy atom. The second-order valence-electron chi connectivity index (χ2n) is 9.58. The summed E-state index contributed by atoms with van der Waals surface area (Å²) in [5, 5.41) is 14.3.